The molecule has 0 saturated carbocycles. The van der Waals surface area contributed by atoms with E-state index in [1.54, 1.807) is 0 Å². The number of alkyl halides is 3. The molecule has 1 atom stereocenters. The van der Waals surface area contributed by atoms with Crippen molar-refractivity contribution in [1.29, 1.82) is 0 Å². The van der Waals surface area contributed by atoms with E-state index < -0.39 is 23.4 Å². The molecule has 15 heavy (non-hydrogen) atoms. The lowest BCUT2D eigenvalue weighted by molar-refractivity contribution is -0.138. The third-order valence-corrected chi connectivity index (χ3v) is 2.26. The van der Waals surface area contributed by atoms with Gasteiger partial charge in [0.15, 0.2) is 0 Å². The second kappa shape index (κ2) is 4.20. The Kier molecular flexibility index (Phi) is 3.53. The minimum atomic E-state index is -4.62. The maximum Gasteiger partial charge on any atom is 0.416 e. The number of rotatable bonds is 1. The van der Waals surface area contributed by atoms with E-state index in [9.17, 15) is 13.2 Å². The SMILES string of the molecule is [CH2]C(O)c1c(Cl)cc(Cl)cc1C(F)(F)F. The molecule has 1 unspecified atom stereocenters. The summed E-state index contributed by atoms with van der Waals surface area (Å²) in [7, 11) is 0. The van der Waals surface area contributed by atoms with Crippen LogP contribution in [0.5, 0.6) is 0 Å². The van der Waals surface area contributed by atoms with Gasteiger partial charge in [-0.1, -0.05) is 23.2 Å². The summed E-state index contributed by atoms with van der Waals surface area (Å²) >= 11 is 11.0. The quantitative estimate of drug-likeness (QED) is 0.810. The number of halogens is 5. The van der Waals surface area contributed by atoms with Crippen molar-refractivity contribution in [2.24, 2.45) is 0 Å². The molecular weight excluding hydrogens is 252 g/mol. The molecule has 1 nitrogen and oxygen atoms in total. The molecule has 83 valence electrons. The third kappa shape index (κ3) is 2.77. The molecule has 1 N–H and O–H groups in total. The van der Waals surface area contributed by atoms with Gasteiger partial charge < -0.3 is 5.11 Å². The van der Waals surface area contributed by atoms with Crippen LogP contribution in [0.4, 0.5) is 13.2 Å². The Balaban J connectivity index is 3.47. The van der Waals surface area contributed by atoms with Gasteiger partial charge in [-0.3, -0.25) is 0 Å². The minimum absolute atomic E-state index is 0.142. The molecule has 0 fully saturated rings. The summed E-state index contributed by atoms with van der Waals surface area (Å²) in [6, 6.07) is 1.83. The van der Waals surface area contributed by atoms with E-state index in [1.165, 1.54) is 0 Å². The highest BCUT2D eigenvalue weighted by atomic mass is 35.5. The number of hydrogen-bond donors (Lipinski definition) is 1. The molecule has 1 rings (SSSR count). The van der Waals surface area contributed by atoms with Gasteiger partial charge in [-0.15, -0.1) is 0 Å². The van der Waals surface area contributed by atoms with Gasteiger partial charge in [-0.05, 0) is 19.1 Å². The van der Waals surface area contributed by atoms with E-state index in [1.807, 2.05) is 0 Å². The predicted octanol–water partition coefficient (Wildman–Crippen LogP) is 3.88. The molecule has 0 saturated heterocycles. The molecule has 0 spiro atoms. The number of benzene rings is 1. The van der Waals surface area contributed by atoms with Gasteiger partial charge in [0.05, 0.1) is 11.7 Å². The van der Waals surface area contributed by atoms with Crippen LogP contribution in [0.2, 0.25) is 10.0 Å². The summed E-state index contributed by atoms with van der Waals surface area (Å²) in [5.41, 5.74) is -1.53. The summed E-state index contributed by atoms with van der Waals surface area (Å²) in [4.78, 5) is 0. The average Bonchev–Trinajstić information content (AvgIpc) is 1.99. The zero-order valence-electron chi connectivity index (χ0n) is 7.28. The Labute approximate surface area is 94.4 Å². The van der Waals surface area contributed by atoms with Crippen LogP contribution in [-0.2, 0) is 6.18 Å². The molecule has 6 heteroatoms. The highest BCUT2D eigenvalue weighted by molar-refractivity contribution is 6.35. The standard InChI is InChI=1S/C9H6Cl2F3O/c1-4(15)8-6(9(12,13)14)2-5(10)3-7(8)11/h2-4,15H,1H2. The van der Waals surface area contributed by atoms with Crippen molar-refractivity contribution in [1.82, 2.24) is 0 Å². The number of aliphatic hydroxyl groups is 1. The molecule has 0 amide bonds. The zero-order valence-corrected chi connectivity index (χ0v) is 8.79. The van der Waals surface area contributed by atoms with Gasteiger partial charge in [0.2, 0.25) is 0 Å². The van der Waals surface area contributed by atoms with Crippen molar-refractivity contribution in [2.45, 2.75) is 12.3 Å². The van der Waals surface area contributed by atoms with Crippen molar-refractivity contribution in [3.05, 3.63) is 40.2 Å². The Morgan fingerprint density at radius 2 is 1.80 bits per heavy atom. The lowest BCUT2D eigenvalue weighted by atomic mass is 10.0. The van der Waals surface area contributed by atoms with E-state index >= 15 is 0 Å². The maximum atomic E-state index is 12.5. The number of aliphatic hydroxyl groups excluding tert-OH is 1. The fourth-order valence-electron chi connectivity index (χ4n) is 1.16. The average molecular weight is 258 g/mol. The molecule has 0 bridgehead atoms. The first-order chi connectivity index (χ1) is 6.73. The summed E-state index contributed by atoms with van der Waals surface area (Å²) < 4.78 is 37.5. The first-order valence-corrected chi connectivity index (χ1v) is 4.56. The first kappa shape index (κ1) is 12.6. The van der Waals surface area contributed by atoms with Crippen LogP contribution < -0.4 is 0 Å². The van der Waals surface area contributed by atoms with Crippen LogP contribution in [0.1, 0.15) is 17.2 Å². The Morgan fingerprint density at radius 3 is 2.20 bits per heavy atom. The molecule has 1 radical (unpaired) electrons. The lowest BCUT2D eigenvalue weighted by Gasteiger charge is -2.16. The van der Waals surface area contributed by atoms with E-state index in [0.717, 1.165) is 6.07 Å². The highest BCUT2D eigenvalue weighted by Crippen LogP contribution is 2.39. The summed E-state index contributed by atoms with van der Waals surface area (Å²) in [5.74, 6) is 0. The van der Waals surface area contributed by atoms with Gasteiger partial charge in [0.1, 0.15) is 0 Å². The molecular formula is C9H6Cl2F3O. The summed E-state index contributed by atoms with van der Waals surface area (Å²) in [6.07, 6.45) is -6.17. The van der Waals surface area contributed by atoms with E-state index in [-0.39, 0.29) is 10.0 Å². The molecule has 0 aliphatic heterocycles. The van der Waals surface area contributed by atoms with Gasteiger partial charge >= 0.3 is 6.18 Å². The zero-order chi connectivity index (χ0) is 11.8. The fraction of sp³-hybridized carbons (Fsp3) is 0.222. The second-order valence-electron chi connectivity index (χ2n) is 2.86. The van der Waals surface area contributed by atoms with Crippen molar-refractivity contribution < 1.29 is 18.3 Å². The van der Waals surface area contributed by atoms with E-state index in [0.29, 0.717) is 6.07 Å². The third-order valence-electron chi connectivity index (χ3n) is 1.73. The molecule has 0 aliphatic carbocycles. The van der Waals surface area contributed by atoms with Crippen LogP contribution in [0.3, 0.4) is 0 Å². The number of hydrogen-bond acceptors (Lipinski definition) is 1. The van der Waals surface area contributed by atoms with Crippen molar-refractivity contribution in [3.8, 4) is 0 Å². The van der Waals surface area contributed by atoms with Crippen LogP contribution in [-0.4, -0.2) is 5.11 Å². The second-order valence-corrected chi connectivity index (χ2v) is 3.71. The van der Waals surface area contributed by atoms with Gasteiger partial charge in [0, 0.05) is 15.6 Å². The maximum absolute atomic E-state index is 12.5. The molecule has 1 aromatic carbocycles. The normalized spacial score (nSPS) is 14.1. The fourth-order valence-corrected chi connectivity index (χ4v) is 1.78. The smallest absolute Gasteiger partial charge is 0.388 e. The summed E-state index contributed by atoms with van der Waals surface area (Å²) in [6.45, 7) is 3.10. The Morgan fingerprint density at radius 1 is 1.27 bits per heavy atom. The van der Waals surface area contributed by atoms with E-state index in [4.69, 9.17) is 28.3 Å². The van der Waals surface area contributed by atoms with Crippen LogP contribution >= 0.6 is 23.2 Å². The topological polar surface area (TPSA) is 20.2 Å². The van der Waals surface area contributed by atoms with Gasteiger partial charge in [-0.2, -0.15) is 13.2 Å². The largest absolute Gasteiger partial charge is 0.416 e. The first-order valence-electron chi connectivity index (χ1n) is 3.80. The predicted molar refractivity (Wildman–Crippen MR) is 51.8 cm³/mol. The molecule has 0 aromatic heterocycles. The van der Waals surface area contributed by atoms with E-state index in [2.05, 4.69) is 6.92 Å². The monoisotopic (exact) mass is 257 g/mol. The minimum Gasteiger partial charge on any atom is -0.388 e. The van der Waals surface area contributed by atoms with Gasteiger partial charge in [-0.25, -0.2) is 0 Å². The summed E-state index contributed by atoms with van der Waals surface area (Å²) in [5, 5.41) is 8.71. The Bertz CT molecular complexity index is 374. The van der Waals surface area contributed by atoms with Crippen molar-refractivity contribution in [3.63, 3.8) is 0 Å². The van der Waals surface area contributed by atoms with Crippen molar-refractivity contribution >= 4 is 23.2 Å². The highest BCUT2D eigenvalue weighted by Gasteiger charge is 2.35. The lowest BCUT2D eigenvalue weighted by Crippen LogP contribution is -2.11. The van der Waals surface area contributed by atoms with Crippen LogP contribution in [0, 0.1) is 6.92 Å². The Hall–Kier alpha value is -0.450. The molecule has 0 aliphatic rings. The van der Waals surface area contributed by atoms with Crippen LogP contribution in [0.25, 0.3) is 0 Å². The van der Waals surface area contributed by atoms with Crippen LogP contribution in [0.15, 0.2) is 12.1 Å². The van der Waals surface area contributed by atoms with Crippen molar-refractivity contribution in [2.75, 3.05) is 0 Å². The molecule has 0 heterocycles. The molecule has 1 aromatic rings. The van der Waals surface area contributed by atoms with Gasteiger partial charge in [0.25, 0.3) is 0 Å².